The third-order valence-electron chi connectivity index (χ3n) is 3.24. The lowest BCUT2D eigenvalue weighted by atomic mass is 9.90. The summed E-state index contributed by atoms with van der Waals surface area (Å²) in [5.41, 5.74) is 0. The second-order valence-corrected chi connectivity index (χ2v) is 4.27. The van der Waals surface area contributed by atoms with Crippen molar-refractivity contribution in [1.29, 1.82) is 0 Å². The molecule has 2 heteroatoms. The van der Waals surface area contributed by atoms with Crippen LogP contribution >= 0.6 is 0 Å². The predicted molar refractivity (Wildman–Crippen MR) is 49.2 cm³/mol. The zero-order valence-corrected chi connectivity index (χ0v) is 8.55. The Balaban J connectivity index is 2.65. The van der Waals surface area contributed by atoms with Crippen molar-refractivity contribution >= 4 is 5.78 Å². The summed E-state index contributed by atoms with van der Waals surface area (Å²) in [6, 6.07) is 1.15. The van der Waals surface area contributed by atoms with Crippen LogP contribution in [0.5, 0.6) is 0 Å². The highest BCUT2D eigenvalue weighted by molar-refractivity contribution is 5.81. The van der Waals surface area contributed by atoms with Crippen molar-refractivity contribution in [1.82, 2.24) is 0 Å². The van der Waals surface area contributed by atoms with Crippen LogP contribution in [0.1, 0.15) is 34.1 Å². The van der Waals surface area contributed by atoms with Crippen molar-refractivity contribution in [3.8, 4) is 0 Å². The van der Waals surface area contributed by atoms with Crippen molar-refractivity contribution in [2.75, 3.05) is 6.54 Å². The van der Waals surface area contributed by atoms with Gasteiger partial charge in [0.15, 0.2) is 0 Å². The summed E-state index contributed by atoms with van der Waals surface area (Å²) in [6.45, 7) is 9.75. The van der Waals surface area contributed by atoms with Gasteiger partial charge in [0.1, 0.15) is 5.78 Å². The van der Waals surface area contributed by atoms with Gasteiger partial charge in [-0.25, -0.2) is 0 Å². The van der Waals surface area contributed by atoms with Crippen LogP contribution in [0, 0.1) is 5.92 Å². The first-order valence-corrected chi connectivity index (χ1v) is 4.92. The highest BCUT2D eigenvalue weighted by atomic mass is 16.1. The number of carbonyl (C=O) groups is 1. The van der Waals surface area contributed by atoms with Crippen molar-refractivity contribution in [3.63, 3.8) is 0 Å². The number of carbonyl (C=O) groups excluding carboxylic acids is 1. The molecule has 0 spiro atoms. The normalized spacial score (nSPS) is 37.4. The van der Waals surface area contributed by atoms with Crippen molar-refractivity contribution in [2.24, 2.45) is 5.92 Å². The van der Waals surface area contributed by atoms with E-state index in [0.717, 1.165) is 13.0 Å². The van der Waals surface area contributed by atoms with E-state index in [1.165, 1.54) is 0 Å². The lowest BCUT2D eigenvalue weighted by Gasteiger charge is -2.36. The number of hydrogen-bond acceptors (Lipinski definition) is 1. The molecule has 3 atom stereocenters. The molecule has 1 aliphatic heterocycles. The lowest BCUT2D eigenvalue weighted by molar-refractivity contribution is -0.948. The van der Waals surface area contributed by atoms with Gasteiger partial charge in [-0.1, -0.05) is 0 Å². The van der Waals surface area contributed by atoms with Crippen molar-refractivity contribution in [2.45, 2.75) is 46.2 Å². The zero-order valence-electron chi connectivity index (χ0n) is 8.55. The molecule has 0 aromatic rings. The number of rotatable bonds is 1. The van der Waals surface area contributed by atoms with Gasteiger partial charge in [0.2, 0.25) is 0 Å². The van der Waals surface area contributed by atoms with Crippen LogP contribution in [0.25, 0.3) is 0 Å². The standard InChI is InChI=1S/C10H19NO/c1-7(2)11-6-5-10(12)8(3)9(11)4/h7-9H,5-6H2,1-4H3/p+1/t8-,9-/m1/s1. The van der Waals surface area contributed by atoms with Crippen LogP contribution in [-0.2, 0) is 4.79 Å². The average Bonchev–Trinajstić information content (AvgIpc) is 2.00. The summed E-state index contributed by atoms with van der Waals surface area (Å²) in [6.07, 6.45) is 0.777. The fourth-order valence-corrected chi connectivity index (χ4v) is 2.14. The molecule has 1 aliphatic rings. The molecule has 0 aliphatic carbocycles. The number of nitrogens with one attached hydrogen (secondary N) is 1. The number of likely N-dealkylation sites (tertiary alicyclic amines) is 1. The van der Waals surface area contributed by atoms with E-state index in [1.807, 2.05) is 0 Å². The first kappa shape index (κ1) is 9.72. The van der Waals surface area contributed by atoms with Gasteiger partial charge in [-0.05, 0) is 27.7 Å². The van der Waals surface area contributed by atoms with Gasteiger partial charge in [-0.3, -0.25) is 4.79 Å². The number of quaternary nitrogens is 1. The van der Waals surface area contributed by atoms with E-state index >= 15 is 0 Å². The maximum absolute atomic E-state index is 11.4. The van der Waals surface area contributed by atoms with E-state index in [-0.39, 0.29) is 5.92 Å². The molecule has 1 fully saturated rings. The second kappa shape index (κ2) is 3.56. The summed E-state index contributed by atoms with van der Waals surface area (Å²) in [5.74, 6) is 0.711. The maximum atomic E-state index is 11.4. The minimum Gasteiger partial charge on any atom is -0.330 e. The largest absolute Gasteiger partial charge is 0.330 e. The van der Waals surface area contributed by atoms with Crippen LogP contribution in [0.4, 0.5) is 0 Å². The van der Waals surface area contributed by atoms with Crippen LogP contribution in [0.3, 0.4) is 0 Å². The fourth-order valence-electron chi connectivity index (χ4n) is 2.14. The van der Waals surface area contributed by atoms with Crippen LogP contribution in [-0.4, -0.2) is 24.4 Å². The molecule has 1 N–H and O–H groups in total. The first-order chi connectivity index (χ1) is 5.54. The number of Topliss-reactive ketones (excluding diaryl/α,β-unsaturated/α-hetero) is 1. The van der Waals surface area contributed by atoms with Gasteiger partial charge in [0, 0.05) is 0 Å². The smallest absolute Gasteiger partial charge is 0.147 e. The summed E-state index contributed by atoms with van der Waals surface area (Å²) in [4.78, 5) is 12.9. The Morgan fingerprint density at radius 1 is 1.42 bits per heavy atom. The molecule has 0 amide bonds. The molecule has 0 aromatic carbocycles. The molecule has 0 saturated carbocycles. The minimum absolute atomic E-state index is 0.260. The second-order valence-electron chi connectivity index (χ2n) is 4.27. The Kier molecular flexibility index (Phi) is 2.89. The highest BCUT2D eigenvalue weighted by Gasteiger charge is 2.35. The SMILES string of the molecule is CC(C)[NH+]1CCC(=O)[C@H](C)[C@H]1C. The number of piperidine rings is 1. The van der Waals surface area contributed by atoms with E-state index < -0.39 is 0 Å². The highest BCUT2D eigenvalue weighted by Crippen LogP contribution is 2.08. The van der Waals surface area contributed by atoms with Gasteiger partial charge >= 0.3 is 0 Å². The van der Waals surface area contributed by atoms with Gasteiger partial charge in [0.05, 0.1) is 31.0 Å². The monoisotopic (exact) mass is 170 g/mol. The fraction of sp³-hybridized carbons (Fsp3) is 0.900. The van der Waals surface area contributed by atoms with E-state index in [9.17, 15) is 4.79 Å². The third kappa shape index (κ3) is 1.69. The molecule has 1 saturated heterocycles. The molecular formula is C10H20NO+. The first-order valence-electron chi connectivity index (χ1n) is 4.92. The van der Waals surface area contributed by atoms with Crippen LogP contribution < -0.4 is 4.90 Å². The van der Waals surface area contributed by atoms with Crippen molar-refractivity contribution in [3.05, 3.63) is 0 Å². The molecule has 1 rings (SSSR count). The number of ketones is 1. The van der Waals surface area contributed by atoms with Gasteiger partial charge in [0.25, 0.3) is 0 Å². The van der Waals surface area contributed by atoms with E-state index in [4.69, 9.17) is 0 Å². The maximum Gasteiger partial charge on any atom is 0.147 e. The Bertz CT molecular complexity index is 177. The predicted octanol–water partition coefficient (Wildman–Crippen LogP) is 0.277. The molecule has 2 nitrogen and oxygen atoms in total. The molecule has 1 heterocycles. The van der Waals surface area contributed by atoms with Crippen LogP contribution in [0.2, 0.25) is 0 Å². The van der Waals surface area contributed by atoms with Gasteiger partial charge < -0.3 is 4.90 Å². The minimum atomic E-state index is 0.260. The molecule has 0 radical (unpaired) electrons. The molecule has 0 aromatic heterocycles. The van der Waals surface area contributed by atoms with Gasteiger partial charge in [-0.15, -0.1) is 0 Å². The Labute approximate surface area is 74.9 Å². The summed E-state index contributed by atoms with van der Waals surface area (Å²) in [5, 5.41) is 0. The topological polar surface area (TPSA) is 21.5 Å². The van der Waals surface area contributed by atoms with Crippen LogP contribution in [0.15, 0.2) is 0 Å². The van der Waals surface area contributed by atoms with Crippen molar-refractivity contribution < 1.29 is 9.69 Å². The number of hydrogen-bond donors (Lipinski definition) is 1. The van der Waals surface area contributed by atoms with E-state index in [1.54, 1.807) is 4.90 Å². The lowest BCUT2D eigenvalue weighted by Crippen LogP contribution is -3.20. The molecule has 0 bridgehead atoms. The summed E-state index contributed by atoms with van der Waals surface area (Å²) >= 11 is 0. The molecule has 12 heavy (non-hydrogen) atoms. The summed E-state index contributed by atoms with van der Waals surface area (Å²) < 4.78 is 0. The van der Waals surface area contributed by atoms with Gasteiger partial charge in [-0.2, -0.15) is 0 Å². The molecular weight excluding hydrogens is 150 g/mol. The van der Waals surface area contributed by atoms with E-state index in [2.05, 4.69) is 27.7 Å². The summed E-state index contributed by atoms with van der Waals surface area (Å²) in [7, 11) is 0. The molecule has 70 valence electrons. The molecule has 1 unspecified atom stereocenters. The zero-order chi connectivity index (χ0) is 9.30. The van der Waals surface area contributed by atoms with E-state index in [0.29, 0.717) is 17.9 Å². The Morgan fingerprint density at radius 3 is 2.50 bits per heavy atom. The Morgan fingerprint density at radius 2 is 2.00 bits per heavy atom. The third-order valence-corrected chi connectivity index (χ3v) is 3.24. The average molecular weight is 170 g/mol. The quantitative estimate of drug-likeness (QED) is 0.599. The Hall–Kier alpha value is -0.370.